The quantitative estimate of drug-likeness (QED) is 0.737. The summed E-state index contributed by atoms with van der Waals surface area (Å²) < 4.78 is 1.06. The molecule has 0 aliphatic heterocycles. The van der Waals surface area contributed by atoms with Crippen molar-refractivity contribution in [3.63, 3.8) is 0 Å². The third-order valence-electron chi connectivity index (χ3n) is 1.79. The normalized spacial score (nSPS) is 10.0. The monoisotopic (exact) mass is 189 g/mol. The van der Waals surface area contributed by atoms with Crippen molar-refractivity contribution in [1.29, 1.82) is 0 Å². The maximum Gasteiger partial charge on any atom is 0.417 e. The van der Waals surface area contributed by atoms with Crippen LogP contribution in [0.15, 0.2) is 36.9 Å². The van der Waals surface area contributed by atoms with Gasteiger partial charge < -0.3 is 5.11 Å². The largest absolute Gasteiger partial charge is 0.464 e. The third-order valence-corrected chi connectivity index (χ3v) is 1.79. The van der Waals surface area contributed by atoms with Crippen LogP contribution in [0.25, 0.3) is 11.4 Å². The van der Waals surface area contributed by atoms with Crippen LogP contribution in [-0.4, -0.2) is 25.7 Å². The Morgan fingerprint density at radius 1 is 1.29 bits per heavy atom. The van der Waals surface area contributed by atoms with E-state index in [1.165, 1.54) is 12.4 Å². The second-order valence-corrected chi connectivity index (χ2v) is 2.64. The van der Waals surface area contributed by atoms with Gasteiger partial charge in [0.1, 0.15) is 5.82 Å². The van der Waals surface area contributed by atoms with Crippen LogP contribution in [0.1, 0.15) is 0 Å². The maximum absolute atomic E-state index is 10.8. The lowest BCUT2D eigenvalue weighted by Gasteiger charge is -2.00. The Morgan fingerprint density at radius 3 is 2.64 bits per heavy atom. The first kappa shape index (κ1) is 8.43. The molecule has 0 saturated carbocycles. The van der Waals surface area contributed by atoms with Crippen molar-refractivity contribution in [3.8, 4) is 11.4 Å². The highest BCUT2D eigenvalue weighted by Crippen LogP contribution is 2.15. The van der Waals surface area contributed by atoms with Crippen LogP contribution in [0.5, 0.6) is 0 Å². The molecule has 0 aliphatic rings. The van der Waals surface area contributed by atoms with Crippen molar-refractivity contribution in [3.05, 3.63) is 36.9 Å². The first-order valence-corrected chi connectivity index (χ1v) is 3.96. The molecule has 1 N–H and O–H groups in total. The average Bonchev–Trinajstić information content (AvgIpc) is 2.67. The molecule has 0 aromatic carbocycles. The standard InChI is InChI=1S/C9H7N3O2/c13-9(14)12-6-5-11-8(12)7-1-3-10-4-2-7/h1-6H,(H,13,14). The zero-order valence-corrected chi connectivity index (χ0v) is 7.16. The van der Waals surface area contributed by atoms with Gasteiger partial charge in [0.05, 0.1) is 0 Å². The van der Waals surface area contributed by atoms with Gasteiger partial charge in [-0.3, -0.25) is 4.98 Å². The van der Waals surface area contributed by atoms with Gasteiger partial charge in [-0.2, -0.15) is 0 Å². The summed E-state index contributed by atoms with van der Waals surface area (Å²) >= 11 is 0. The molecule has 5 nitrogen and oxygen atoms in total. The second-order valence-electron chi connectivity index (χ2n) is 2.64. The van der Waals surface area contributed by atoms with E-state index in [0.29, 0.717) is 5.82 Å². The molecular formula is C9H7N3O2. The summed E-state index contributed by atoms with van der Waals surface area (Å²) in [5.74, 6) is 0.403. The summed E-state index contributed by atoms with van der Waals surface area (Å²) in [6, 6.07) is 3.42. The Morgan fingerprint density at radius 2 is 2.00 bits per heavy atom. The van der Waals surface area contributed by atoms with Gasteiger partial charge >= 0.3 is 6.09 Å². The van der Waals surface area contributed by atoms with Crippen molar-refractivity contribution >= 4 is 6.09 Å². The molecule has 2 rings (SSSR count). The molecular weight excluding hydrogens is 182 g/mol. The highest BCUT2D eigenvalue weighted by molar-refractivity contribution is 5.74. The Balaban J connectivity index is 2.52. The number of rotatable bonds is 1. The van der Waals surface area contributed by atoms with Crippen molar-refractivity contribution in [2.45, 2.75) is 0 Å². The van der Waals surface area contributed by atoms with Crippen LogP contribution < -0.4 is 0 Å². The molecule has 0 aliphatic carbocycles. The molecule has 14 heavy (non-hydrogen) atoms. The highest BCUT2D eigenvalue weighted by atomic mass is 16.4. The summed E-state index contributed by atoms with van der Waals surface area (Å²) in [5.41, 5.74) is 0.729. The van der Waals surface area contributed by atoms with E-state index in [0.717, 1.165) is 10.1 Å². The van der Waals surface area contributed by atoms with E-state index in [4.69, 9.17) is 5.11 Å². The van der Waals surface area contributed by atoms with Gasteiger partial charge in [-0.25, -0.2) is 14.3 Å². The zero-order chi connectivity index (χ0) is 9.97. The summed E-state index contributed by atoms with van der Waals surface area (Å²) in [4.78, 5) is 18.6. The number of carbonyl (C=O) groups is 1. The van der Waals surface area contributed by atoms with Gasteiger partial charge in [0.15, 0.2) is 0 Å². The van der Waals surface area contributed by atoms with Gasteiger partial charge in [0.25, 0.3) is 0 Å². The second kappa shape index (κ2) is 3.29. The van der Waals surface area contributed by atoms with E-state index in [1.807, 2.05) is 0 Å². The summed E-state index contributed by atoms with van der Waals surface area (Å²) in [5, 5.41) is 8.82. The summed E-state index contributed by atoms with van der Waals surface area (Å²) in [6.07, 6.45) is 4.99. The molecule has 0 saturated heterocycles. The molecule has 5 heteroatoms. The minimum absolute atomic E-state index is 0.403. The van der Waals surface area contributed by atoms with Crippen molar-refractivity contribution in [2.24, 2.45) is 0 Å². The molecule has 0 unspecified atom stereocenters. The van der Waals surface area contributed by atoms with Crippen LogP contribution >= 0.6 is 0 Å². The lowest BCUT2D eigenvalue weighted by atomic mass is 10.2. The van der Waals surface area contributed by atoms with E-state index in [9.17, 15) is 4.79 Å². The fraction of sp³-hybridized carbons (Fsp3) is 0. The van der Waals surface area contributed by atoms with Crippen molar-refractivity contribution in [2.75, 3.05) is 0 Å². The molecule has 0 bridgehead atoms. The predicted molar refractivity (Wildman–Crippen MR) is 48.9 cm³/mol. The number of pyridine rings is 1. The van der Waals surface area contributed by atoms with E-state index in [-0.39, 0.29) is 0 Å². The Hall–Kier alpha value is -2.17. The molecule has 2 aromatic heterocycles. The molecule has 0 spiro atoms. The number of nitrogens with zero attached hydrogens (tertiary/aromatic N) is 3. The van der Waals surface area contributed by atoms with Crippen LogP contribution in [0.3, 0.4) is 0 Å². The van der Waals surface area contributed by atoms with Gasteiger partial charge in [-0.05, 0) is 12.1 Å². The first-order chi connectivity index (χ1) is 6.79. The number of hydrogen-bond acceptors (Lipinski definition) is 3. The molecule has 2 aromatic rings. The highest BCUT2D eigenvalue weighted by Gasteiger charge is 2.09. The van der Waals surface area contributed by atoms with Gasteiger partial charge in [-0.1, -0.05) is 0 Å². The smallest absolute Gasteiger partial charge is 0.417 e. The van der Waals surface area contributed by atoms with E-state index in [2.05, 4.69) is 9.97 Å². The van der Waals surface area contributed by atoms with Gasteiger partial charge in [0, 0.05) is 30.4 Å². The van der Waals surface area contributed by atoms with Crippen LogP contribution in [0, 0.1) is 0 Å². The lowest BCUT2D eigenvalue weighted by molar-refractivity contribution is 0.196. The molecule has 0 fully saturated rings. The first-order valence-electron chi connectivity index (χ1n) is 3.96. The lowest BCUT2D eigenvalue weighted by Crippen LogP contribution is -2.08. The van der Waals surface area contributed by atoms with Gasteiger partial charge in [0.2, 0.25) is 0 Å². The summed E-state index contributed by atoms with van der Waals surface area (Å²) in [6.45, 7) is 0. The predicted octanol–water partition coefficient (Wildman–Crippen LogP) is 1.47. The average molecular weight is 189 g/mol. The van der Waals surface area contributed by atoms with Crippen molar-refractivity contribution < 1.29 is 9.90 Å². The van der Waals surface area contributed by atoms with Crippen LogP contribution in [0.2, 0.25) is 0 Å². The van der Waals surface area contributed by atoms with Crippen molar-refractivity contribution in [1.82, 2.24) is 14.5 Å². The minimum atomic E-state index is -1.05. The van der Waals surface area contributed by atoms with Crippen LogP contribution in [0.4, 0.5) is 4.79 Å². The van der Waals surface area contributed by atoms with Gasteiger partial charge in [-0.15, -0.1) is 0 Å². The van der Waals surface area contributed by atoms with E-state index >= 15 is 0 Å². The minimum Gasteiger partial charge on any atom is -0.464 e. The van der Waals surface area contributed by atoms with Crippen LogP contribution in [-0.2, 0) is 0 Å². The van der Waals surface area contributed by atoms with E-state index < -0.39 is 6.09 Å². The SMILES string of the molecule is O=C(O)n1ccnc1-c1ccncc1. The summed E-state index contributed by atoms with van der Waals surface area (Å²) in [7, 11) is 0. The number of hydrogen-bond donors (Lipinski definition) is 1. The Kier molecular flexibility index (Phi) is 1.98. The number of aromatic nitrogens is 3. The molecule has 0 atom stereocenters. The fourth-order valence-corrected chi connectivity index (χ4v) is 1.17. The Bertz CT molecular complexity index is 450. The molecule has 0 amide bonds. The van der Waals surface area contributed by atoms with E-state index in [1.54, 1.807) is 24.5 Å². The maximum atomic E-state index is 10.8. The molecule has 0 radical (unpaired) electrons. The number of carboxylic acid groups (broad SMARTS) is 1. The zero-order valence-electron chi connectivity index (χ0n) is 7.16. The Labute approximate surface area is 79.7 Å². The number of imidazole rings is 1. The third kappa shape index (κ3) is 1.35. The fourth-order valence-electron chi connectivity index (χ4n) is 1.17. The molecule has 70 valence electrons. The molecule has 2 heterocycles. The topological polar surface area (TPSA) is 68.0 Å².